The third-order valence-electron chi connectivity index (χ3n) is 2.06. The molecule has 1 aliphatic rings. The Labute approximate surface area is 136 Å². The van der Waals surface area contributed by atoms with Crippen LogP contribution in [-0.4, -0.2) is 34.6 Å². The number of alkyl halides is 1. The Hall–Kier alpha value is -0.990. The van der Waals surface area contributed by atoms with Crippen molar-refractivity contribution < 1.29 is 29.1 Å². The monoisotopic (exact) mass is 343 g/mol. The molecule has 1 heterocycles. The predicted molar refractivity (Wildman–Crippen MR) is 87.9 cm³/mol. The minimum Gasteiger partial charge on any atom is -0.462 e. The van der Waals surface area contributed by atoms with E-state index in [9.17, 15) is 9.18 Å². The van der Waals surface area contributed by atoms with Crippen LogP contribution in [0.3, 0.4) is 0 Å². The van der Waals surface area contributed by atoms with Crippen molar-refractivity contribution in [1.82, 2.24) is 5.32 Å². The van der Waals surface area contributed by atoms with Gasteiger partial charge in [0, 0.05) is 6.54 Å². The van der Waals surface area contributed by atoms with Gasteiger partial charge in [-0.05, 0) is 53.0 Å². The van der Waals surface area contributed by atoms with Gasteiger partial charge in [-0.1, -0.05) is 6.92 Å². The topological polar surface area (TPSA) is 111 Å². The third kappa shape index (κ3) is 17.1. The molecule has 134 valence electrons. The summed E-state index contributed by atoms with van der Waals surface area (Å²) >= 11 is 0.844. The lowest BCUT2D eigenvalue weighted by Crippen LogP contribution is -2.25. The molecular weight excluding hydrogens is 313 g/mol. The van der Waals surface area contributed by atoms with Crippen molar-refractivity contribution in [2.45, 2.75) is 58.6 Å². The summed E-state index contributed by atoms with van der Waals surface area (Å²) in [6, 6.07) is 0. The van der Waals surface area contributed by atoms with Crippen LogP contribution in [0.5, 0.6) is 0 Å². The molecule has 0 fully saturated rings. The summed E-state index contributed by atoms with van der Waals surface area (Å²) in [4.78, 5) is 9.60. The quantitative estimate of drug-likeness (QED) is 0.621. The number of allylic oxidation sites excluding steroid dienone is 1. The molecule has 8 heteroatoms. The average molecular weight is 343 g/mol. The molecular formula is C14H30FNO5S. The zero-order chi connectivity index (χ0) is 15.8. The summed E-state index contributed by atoms with van der Waals surface area (Å²) in [5.41, 5.74) is -0.318. The minimum absolute atomic E-state index is 0. The molecule has 0 bridgehead atoms. The molecule has 1 atom stereocenters. The first kappa shape index (κ1) is 25.9. The Morgan fingerprint density at radius 2 is 1.86 bits per heavy atom. The normalized spacial score (nSPS) is 17.2. The maximum Gasteiger partial charge on any atom is 0.293 e. The highest BCUT2D eigenvalue weighted by atomic mass is 32.2. The Bertz CT molecular complexity index is 326. The summed E-state index contributed by atoms with van der Waals surface area (Å²) in [6.07, 6.45) is 2.96. The molecule has 0 radical (unpaired) electrons. The van der Waals surface area contributed by atoms with E-state index in [2.05, 4.69) is 17.0 Å². The molecule has 0 unspecified atom stereocenters. The number of nitrogens with one attached hydrogen (secondary N) is 1. The second-order valence-electron chi connectivity index (χ2n) is 6.15. The van der Waals surface area contributed by atoms with Crippen LogP contribution in [0.25, 0.3) is 0 Å². The van der Waals surface area contributed by atoms with Crippen molar-refractivity contribution in [1.29, 1.82) is 0 Å². The van der Waals surface area contributed by atoms with Gasteiger partial charge in [-0.15, -0.1) is 0 Å². The average Bonchev–Trinajstić information content (AvgIpc) is 2.26. The van der Waals surface area contributed by atoms with Crippen LogP contribution in [0.4, 0.5) is 4.39 Å². The molecule has 0 saturated heterocycles. The largest absolute Gasteiger partial charge is 0.462 e. The molecule has 0 amide bonds. The molecule has 5 N–H and O–H groups in total. The van der Waals surface area contributed by atoms with E-state index < -0.39 is 5.00 Å². The molecule has 0 aliphatic carbocycles. The van der Waals surface area contributed by atoms with Crippen LogP contribution in [0, 0.1) is 5.92 Å². The fourth-order valence-corrected chi connectivity index (χ4v) is 1.51. The van der Waals surface area contributed by atoms with Crippen LogP contribution in [-0.2, 0) is 13.7 Å². The van der Waals surface area contributed by atoms with E-state index in [1.54, 1.807) is 0 Å². The van der Waals surface area contributed by atoms with Gasteiger partial charge >= 0.3 is 0 Å². The van der Waals surface area contributed by atoms with E-state index in [-0.39, 0.29) is 16.6 Å². The highest BCUT2D eigenvalue weighted by Crippen LogP contribution is 2.29. The first-order chi connectivity index (χ1) is 9.03. The van der Waals surface area contributed by atoms with Crippen molar-refractivity contribution >= 4 is 18.5 Å². The van der Waals surface area contributed by atoms with Gasteiger partial charge in [-0.3, -0.25) is 4.79 Å². The summed E-state index contributed by atoms with van der Waals surface area (Å²) < 4.78 is 22.7. The van der Waals surface area contributed by atoms with E-state index >= 15 is 0 Å². The van der Waals surface area contributed by atoms with Gasteiger partial charge in [-0.25, -0.2) is 4.39 Å². The van der Waals surface area contributed by atoms with Crippen molar-refractivity contribution in [2.75, 3.05) is 6.54 Å². The smallest absolute Gasteiger partial charge is 0.293 e. The molecule has 0 spiro atoms. The standard InChI is InChI=1S/C9H16FNOS.C5H10O2.2H2O/c1-7-4-5-8(11-6-7)12-13-9(2,3)10;1-5(2,3)7-4-6;;/h5,7,11H,4,6H2,1-3H3;4H,1-3H3;2*1H2/t7-;;;/m0.../s1. The van der Waals surface area contributed by atoms with Gasteiger partial charge in [0.05, 0.1) is 12.0 Å². The van der Waals surface area contributed by atoms with Crippen LogP contribution in [0.2, 0.25) is 0 Å². The maximum atomic E-state index is 13.0. The fourth-order valence-electron chi connectivity index (χ4n) is 1.09. The van der Waals surface area contributed by atoms with Crippen molar-refractivity contribution in [3.63, 3.8) is 0 Å². The summed E-state index contributed by atoms with van der Waals surface area (Å²) in [7, 11) is 0. The predicted octanol–water partition coefficient (Wildman–Crippen LogP) is 2.14. The van der Waals surface area contributed by atoms with Gasteiger partial charge in [0.2, 0.25) is 0 Å². The van der Waals surface area contributed by atoms with Crippen molar-refractivity contribution in [3.8, 4) is 0 Å². The van der Waals surface area contributed by atoms with Crippen molar-refractivity contribution in [2.24, 2.45) is 5.92 Å². The highest BCUT2D eigenvalue weighted by molar-refractivity contribution is 7.95. The first-order valence-electron chi connectivity index (χ1n) is 6.63. The molecule has 1 aliphatic heterocycles. The number of halogens is 1. The van der Waals surface area contributed by atoms with Gasteiger partial charge in [0.15, 0.2) is 10.9 Å². The molecule has 22 heavy (non-hydrogen) atoms. The second-order valence-corrected chi connectivity index (χ2v) is 7.45. The highest BCUT2D eigenvalue weighted by Gasteiger charge is 2.20. The third-order valence-corrected chi connectivity index (χ3v) is 2.72. The fraction of sp³-hybridized carbons (Fsp3) is 0.786. The van der Waals surface area contributed by atoms with E-state index in [1.165, 1.54) is 13.8 Å². The lowest BCUT2D eigenvalue weighted by atomic mass is 10.1. The number of carbonyl (C=O) groups is 1. The molecule has 0 aromatic rings. The number of carbonyl (C=O) groups excluding carboxylic acids is 1. The molecule has 1 rings (SSSR count). The summed E-state index contributed by atoms with van der Waals surface area (Å²) in [5, 5.41) is 1.75. The lowest BCUT2D eigenvalue weighted by molar-refractivity contribution is -0.138. The molecule has 0 aromatic carbocycles. The van der Waals surface area contributed by atoms with E-state index in [1.807, 2.05) is 26.8 Å². The molecule has 0 saturated carbocycles. The Morgan fingerprint density at radius 1 is 1.32 bits per heavy atom. The number of hydrogen-bond donors (Lipinski definition) is 1. The summed E-state index contributed by atoms with van der Waals surface area (Å²) in [6.45, 7) is 11.9. The zero-order valence-corrected chi connectivity index (χ0v) is 15.0. The Morgan fingerprint density at radius 3 is 2.14 bits per heavy atom. The van der Waals surface area contributed by atoms with Gasteiger partial charge in [0.1, 0.15) is 5.60 Å². The van der Waals surface area contributed by atoms with E-state index in [0.717, 1.165) is 25.0 Å². The van der Waals surface area contributed by atoms with Gasteiger partial charge in [-0.2, -0.15) is 0 Å². The van der Waals surface area contributed by atoms with Gasteiger partial charge in [0.25, 0.3) is 6.47 Å². The first-order valence-corrected chi connectivity index (χ1v) is 7.38. The van der Waals surface area contributed by atoms with Crippen LogP contribution >= 0.6 is 12.0 Å². The van der Waals surface area contributed by atoms with Crippen LogP contribution in [0.15, 0.2) is 12.0 Å². The van der Waals surface area contributed by atoms with E-state index in [0.29, 0.717) is 18.3 Å². The maximum absolute atomic E-state index is 13.0. The minimum atomic E-state index is -1.34. The zero-order valence-electron chi connectivity index (χ0n) is 14.2. The second kappa shape index (κ2) is 11.6. The van der Waals surface area contributed by atoms with Crippen LogP contribution < -0.4 is 5.32 Å². The van der Waals surface area contributed by atoms with Crippen molar-refractivity contribution in [3.05, 3.63) is 12.0 Å². The number of hydrogen-bond acceptors (Lipinski definition) is 5. The van der Waals surface area contributed by atoms with Crippen LogP contribution in [0.1, 0.15) is 48.0 Å². The summed E-state index contributed by atoms with van der Waals surface area (Å²) in [5.74, 6) is 1.32. The Kier molecular flexibility index (Phi) is 13.6. The lowest BCUT2D eigenvalue weighted by Gasteiger charge is -2.21. The SMILES string of the molecule is CC(C)(C)OC=O.C[C@H]1CC=C(OSC(C)(C)F)NC1.O.O. The number of rotatable bonds is 4. The molecule has 0 aromatic heterocycles. The van der Waals surface area contributed by atoms with Gasteiger partial charge < -0.3 is 25.2 Å². The van der Waals surface area contributed by atoms with E-state index in [4.69, 9.17) is 4.18 Å². The molecule has 6 nitrogen and oxygen atoms in total. The Balaban J connectivity index is -0.000000350. The number of ether oxygens (including phenoxy) is 1.